The van der Waals surface area contributed by atoms with Crippen molar-refractivity contribution < 1.29 is 19.5 Å². The summed E-state index contributed by atoms with van der Waals surface area (Å²) < 4.78 is 0.565. The van der Waals surface area contributed by atoms with Crippen molar-refractivity contribution in [2.75, 3.05) is 21.1 Å². The number of hydrogen-bond donors (Lipinski definition) is 4. The van der Waals surface area contributed by atoms with Gasteiger partial charge in [0.1, 0.15) is 12.2 Å². The number of nitrogens with zero attached hydrogens (tertiary/aromatic N) is 1. The minimum Gasteiger partial charge on any atom is -0.480 e. The van der Waals surface area contributed by atoms with Crippen molar-refractivity contribution in [1.82, 2.24) is 0 Å². The number of carboxylic acid groups (broad SMARTS) is 1. The average molecular weight is 220 g/mol. The molecule has 0 aliphatic carbocycles. The molecule has 0 aromatic heterocycles. The third kappa shape index (κ3) is 5.08. The zero-order chi connectivity index (χ0) is 12.2. The molecule has 0 aliphatic rings. The summed E-state index contributed by atoms with van der Waals surface area (Å²) in [5, 5.41) is 18.0. The van der Waals surface area contributed by atoms with E-state index in [0.29, 0.717) is 17.3 Å². The number of hydrogen-bond acceptors (Lipinski definition) is 4. The Labute approximate surface area is 90.1 Å². The molecule has 0 rings (SSSR count). The van der Waals surface area contributed by atoms with Crippen LogP contribution in [0.3, 0.4) is 0 Å². The maximum Gasteiger partial charge on any atom is 0.323 e. The first-order valence-electron chi connectivity index (χ1n) is 4.89. The Hall–Kier alpha value is -0.690. The molecular weight excluding hydrogens is 198 g/mol. The summed E-state index contributed by atoms with van der Waals surface area (Å²) >= 11 is 0. The SMILES string of the molecule is C[N+](C)(C)C(N)CCC(O)[C@H](N)C(=O)O. The highest BCUT2D eigenvalue weighted by Gasteiger charge is 2.25. The highest BCUT2D eigenvalue weighted by Crippen LogP contribution is 2.08. The molecule has 0 spiro atoms. The molecule has 2 unspecified atom stereocenters. The van der Waals surface area contributed by atoms with Crippen molar-refractivity contribution in [3.8, 4) is 0 Å². The van der Waals surface area contributed by atoms with Gasteiger partial charge in [0.15, 0.2) is 0 Å². The third-order valence-electron chi connectivity index (χ3n) is 2.45. The monoisotopic (exact) mass is 220 g/mol. The lowest BCUT2D eigenvalue weighted by Crippen LogP contribution is -2.51. The molecule has 0 heterocycles. The summed E-state index contributed by atoms with van der Waals surface area (Å²) in [6.45, 7) is 0. The van der Waals surface area contributed by atoms with Gasteiger partial charge in [-0.1, -0.05) is 0 Å². The van der Waals surface area contributed by atoms with E-state index in [-0.39, 0.29) is 6.17 Å². The number of nitrogens with two attached hydrogens (primary N) is 2. The number of aliphatic carboxylic acids is 1. The van der Waals surface area contributed by atoms with Crippen LogP contribution in [0.4, 0.5) is 0 Å². The van der Waals surface area contributed by atoms with Gasteiger partial charge in [-0.3, -0.25) is 10.5 Å². The maximum atomic E-state index is 10.5. The van der Waals surface area contributed by atoms with Crippen molar-refractivity contribution in [2.24, 2.45) is 11.5 Å². The highest BCUT2D eigenvalue weighted by molar-refractivity contribution is 5.73. The van der Waals surface area contributed by atoms with E-state index in [2.05, 4.69) is 0 Å². The minimum absolute atomic E-state index is 0.138. The second-order valence-corrected chi connectivity index (χ2v) is 4.69. The normalized spacial score (nSPS) is 18.3. The zero-order valence-electron chi connectivity index (χ0n) is 9.55. The Morgan fingerprint density at radius 3 is 2.07 bits per heavy atom. The van der Waals surface area contributed by atoms with Crippen LogP contribution < -0.4 is 11.5 Å². The second-order valence-electron chi connectivity index (χ2n) is 4.69. The summed E-state index contributed by atoms with van der Waals surface area (Å²) in [4.78, 5) is 10.5. The Morgan fingerprint density at radius 1 is 1.27 bits per heavy atom. The van der Waals surface area contributed by atoms with Crippen LogP contribution in [0.15, 0.2) is 0 Å². The zero-order valence-corrected chi connectivity index (χ0v) is 9.55. The number of carbonyl (C=O) groups is 1. The van der Waals surface area contributed by atoms with Gasteiger partial charge in [0.05, 0.1) is 27.2 Å². The van der Waals surface area contributed by atoms with E-state index in [1.54, 1.807) is 0 Å². The van der Waals surface area contributed by atoms with E-state index in [4.69, 9.17) is 16.6 Å². The van der Waals surface area contributed by atoms with E-state index >= 15 is 0 Å². The molecule has 6 N–H and O–H groups in total. The van der Waals surface area contributed by atoms with Crippen LogP contribution in [0.2, 0.25) is 0 Å². The van der Waals surface area contributed by atoms with E-state index in [1.807, 2.05) is 21.1 Å². The van der Waals surface area contributed by atoms with Gasteiger partial charge in [-0.05, 0) is 6.42 Å². The Balaban J connectivity index is 4.01. The van der Waals surface area contributed by atoms with Crippen LogP contribution in [-0.4, -0.2) is 60.1 Å². The van der Waals surface area contributed by atoms with E-state index < -0.39 is 18.1 Å². The van der Waals surface area contributed by atoms with Crippen molar-refractivity contribution >= 4 is 5.97 Å². The number of aliphatic hydroxyl groups excluding tert-OH is 1. The molecule has 0 saturated heterocycles. The van der Waals surface area contributed by atoms with Crippen LogP contribution in [0.25, 0.3) is 0 Å². The molecule has 0 aromatic carbocycles. The standard InChI is InChI=1S/C9H21N3O3/c1-12(2,3)7(10)5-4-6(13)8(11)9(14)15/h6-8,13H,4-5,10-11H2,1-3H3/p+1/t6?,7?,8-/m0/s1. The number of carboxylic acids is 1. The molecule has 3 atom stereocenters. The van der Waals surface area contributed by atoms with Gasteiger partial charge < -0.3 is 20.4 Å². The van der Waals surface area contributed by atoms with Crippen molar-refractivity contribution in [3.05, 3.63) is 0 Å². The molecule has 0 radical (unpaired) electrons. The van der Waals surface area contributed by atoms with Gasteiger partial charge in [-0.25, -0.2) is 0 Å². The van der Waals surface area contributed by atoms with E-state index in [9.17, 15) is 9.90 Å². The summed E-state index contributed by atoms with van der Waals surface area (Å²) in [6, 6.07) is -1.23. The molecule has 0 fully saturated rings. The summed E-state index contributed by atoms with van der Waals surface area (Å²) in [6.07, 6.45) is -0.351. The molecule has 0 amide bonds. The lowest BCUT2D eigenvalue weighted by atomic mass is 10.1. The molecule has 0 bridgehead atoms. The Kier molecular flexibility index (Phi) is 5.16. The molecule has 6 nitrogen and oxygen atoms in total. The Bertz CT molecular complexity index is 215. The summed E-state index contributed by atoms with van der Waals surface area (Å²) in [7, 11) is 5.82. The van der Waals surface area contributed by atoms with E-state index in [1.165, 1.54) is 0 Å². The first-order valence-corrected chi connectivity index (χ1v) is 4.89. The molecule has 90 valence electrons. The first-order chi connectivity index (χ1) is 6.66. The van der Waals surface area contributed by atoms with Gasteiger partial charge in [0.2, 0.25) is 0 Å². The maximum absolute atomic E-state index is 10.5. The molecule has 0 aliphatic heterocycles. The summed E-state index contributed by atoms with van der Waals surface area (Å²) in [5.41, 5.74) is 11.1. The van der Waals surface area contributed by atoms with Gasteiger partial charge in [-0.2, -0.15) is 0 Å². The Morgan fingerprint density at radius 2 is 1.73 bits per heavy atom. The molecule has 6 heteroatoms. The second kappa shape index (κ2) is 5.41. The molecular formula is C9H22N3O3+. The van der Waals surface area contributed by atoms with Crippen LogP contribution in [0, 0.1) is 0 Å². The fraction of sp³-hybridized carbons (Fsp3) is 0.889. The van der Waals surface area contributed by atoms with E-state index in [0.717, 1.165) is 0 Å². The fourth-order valence-corrected chi connectivity index (χ4v) is 1.07. The first kappa shape index (κ1) is 14.3. The average Bonchev–Trinajstić information content (AvgIpc) is 2.10. The third-order valence-corrected chi connectivity index (χ3v) is 2.45. The van der Waals surface area contributed by atoms with Crippen LogP contribution in [-0.2, 0) is 4.79 Å². The van der Waals surface area contributed by atoms with Crippen molar-refractivity contribution in [3.63, 3.8) is 0 Å². The fourth-order valence-electron chi connectivity index (χ4n) is 1.07. The molecule has 0 aromatic rings. The predicted molar refractivity (Wildman–Crippen MR) is 56.9 cm³/mol. The molecule has 0 saturated carbocycles. The topological polar surface area (TPSA) is 110 Å². The largest absolute Gasteiger partial charge is 0.480 e. The van der Waals surface area contributed by atoms with Gasteiger partial charge in [0.25, 0.3) is 0 Å². The van der Waals surface area contributed by atoms with Crippen molar-refractivity contribution in [1.29, 1.82) is 0 Å². The van der Waals surface area contributed by atoms with Crippen molar-refractivity contribution in [2.45, 2.75) is 31.2 Å². The van der Waals surface area contributed by atoms with Crippen LogP contribution in [0.1, 0.15) is 12.8 Å². The number of quaternary nitrogens is 1. The number of aliphatic hydroxyl groups is 1. The predicted octanol–water partition coefficient (Wildman–Crippen LogP) is -1.47. The van der Waals surface area contributed by atoms with Crippen LogP contribution >= 0.6 is 0 Å². The van der Waals surface area contributed by atoms with Gasteiger partial charge >= 0.3 is 5.97 Å². The highest BCUT2D eigenvalue weighted by atomic mass is 16.4. The smallest absolute Gasteiger partial charge is 0.323 e. The lowest BCUT2D eigenvalue weighted by Gasteiger charge is -2.31. The lowest BCUT2D eigenvalue weighted by molar-refractivity contribution is -0.896. The summed E-state index contributed by atoms with van der Waals surface area (Å²) in [5.74, 6) is -1.19. The number of rotatable bonds is 6. The molecule has 15 heavy (non-hydrogen) atoms. The van der Waals surface area contributed by atoms with Gasteiger partial charge in [0, 0.05) is 6.42 Å². The quantitative estimate of drug-likeness (QED) is 0.323. The van der Waals surface area contributed by atoms with Gasteiger partial charge in [-0.15, -0.1) is 0 Å². The van der Waals surface area contributed by atoms with Crippen LogP contribution in [0.5, 0.6) is 0 Å². The minimum atomic E-state index is -1.23.